The van der Waals surface area contributed by atoms with E-state index in [0.717, 1.165) is 21.3 Å². The second-order valence-corrected chi connectivity index (χ2v) is 10.6. The summed E-state index contributed by atoms with van der Waals surface area (Å²) in [7, 11) is 0. The molecule has 0 saturated carbocycles. The van der Waals surface area contributed by atoms with Gasteiger partial charge in [0, 0.05) is 36.7 Å². The zero-order valence-electron chi connectivity index (χ0n) is 22.9. The highest BCUT2D eigenvalue weighted by Gasteiger charge is 2.33. The Hall–Kier alpha value is -3.61. The van der Waals surface area contributed by atoms with Crippen molar-refractivity contribution < 1.29 is 28.5 Å². The molecule has 6 rings (SSSR count). The number of ether oxygens (including phenoxy) is 4. The number of thiazole rings is 1. The lowest BCUT2D eigenvalue weighted by Crippen LogP contribution is -2.33. The Morgan fingerprint density at radius 3 is 2.68 bits per heavy atom. The summed E-state index contributed by atoms with van der Waals surface area (Å²) in [6.45, 7) is 7.08. The molecule has 2 aliphatic heterocycles. The molecule has 10 nitrogen and oxygen atoms in total. The third-order valence-electron chi connectivity index (χ3n) is 7.08. The van der Waals surface area contributed by atoms with E-state index in [0.29, 0.717) is 61.7 Å². The molecule has 1 unspecified atom stereocenters. The van der Waals surface area contributed by atoms with Crippen LogP contribution in [0.25, 0.3) is 10.2 Å². The van der Waals surface area contributed by atoms with E-state index in [2.05, 4.69) is 9.97 Å². The molecule has 212 valence electrons. The van der Waals surface area contributed by atoms with Gasteiger partial charge in [0.25, 0.3) is 5.91 Å². The average molecular weight is 575 g/mol. The Labute approximate surface area is 241 Å². The molecule has 1 saturated heterocycles. The number of anilines is 1. The largest absolute Gasteiger partial charge is 0.376 e. The standard InChI is InChI=1S/C30H30N4O6S/c1-3-37-15-20-13-18(7-9-31-20)27(35)25-22(8-10-32-23(25)16-38-4-2)29(36)34-14-19-5-6-21(24-17-39-11-12-40-24)28-26(19)33-30(34)41-28/h5-10,13,24H,3-4,11-12,14-17H2,1-2H3. The van der Waals surface area contributed by atoms with E-state index >= 15 is 0 Å². The minimum Gasteiger partial charge on any atom is -0.376 e. The summed E-state index contributed by atoms with van der Waals surface area (Å²) in [5, 5.41) is 0.575. The number of amides is 1. The van der Waals surface area contributed by atoms with Crippen molar-refractivity contribution in [3.8, 4) is 0 Å². The fourth-order valence-electron chi connectivity index (χ4n) is 5.07. The van der Waals surface area contributed by atoms with Gasteiger partial charge in [-0.25, -0.2) is 4.98 Å². The van der Waals surface area contributed by atoms with Gasteiger partial charge in [0.2, 0.25) is 0 Å². The van der Waals surface area contributed by atoms with Crippen LogP contribution in [0.5, 0.6) is 0 Å². The van der Waals surface area contributed by atoms with Gasteiger partial charge in [0.05, 0.1) is 72.3 Å². The SMILES string of the molecule is CCOCc1cc(C(=O)c2c(C(=O)N3Cc4ccc(C5COCCO5)c5sc3nc45)ccnc2COCC)ccn1. The number of carbonyl (C=O) groups is 2. The minimum absolute atomic E-state index is 0.100. The average Bonchev–Trinajstić information content (AvgIpc) is 3.43. The normalized spacial score (nSPS) is 16.4. The van der Waals surface area contributed by atoms with E-state index < -0.39 is 0 Å². The van der Waals surface area contributed by atoms with Crippen LogP contribution in [0.3, 0.4) is 0 Å². The molecule has 11 heteroatoms. The van der Waals surface area contributed by atoms with E-state index in [-0.39, 0.29) is 42.1 Å². The minimum atomic E-state index is -0.327. The molecule has 1 aromatic carbocycles. The zero-order valence-corrected chi connectivity index (χ0v) is 23.7. The van der Waals surface area contributed by atoms with Gasteiger partial charge in [-0.05, 0) is 37.6 Å². The van der Waals surface area contributed by atoms with Crippen molar-refractivity contribution >= 4 is 38.4 Å². The number of ketones is 1. The Morgan fingerprint density at radius 1 is 1.05 bits per heavy atom. The van der Waals surface area contributed by atoms with Gasteiger partial charge in [0.1, 0.15) is 6.10 Å². The lowest BCUT2D eigenvalue weighted by atomic mass is 9.96. The maximum absolute atomic E-state index is 14.2. The molecule has 1 amide bonds. The molecule has 4 aromatic rings. The number of rotatable bonds is 10. The van der Waals surface area contributed by atoms with Gasteiger partial charge in [-0.1, -0.05) is 23.5 Å². The Balaban J connectivity index is 1.37. The van der Waals surface area contributed by atoms with Gasteiger partial charge in [-0.3, -0.25) is 24.5 Å². The topological polar surface area (TPSA) is 113 Å². The summed E-state index contributed by atoms with van der Waals surface area (Å²) in [5.41, 5.74) is 4.73. The predicted molar refractivity (Wildman–Crippen MR) is 152 cm³/mol. The Kier molecular flexibility index (Phi) is 8.13. The molecule has 0 aliphatic carbocycles. The molecule has 41 heavy (non-hydrogen) atoms. The molecule has 1 fully saturated rings. The van der Waals surface area contributed by atoms with Crippen molar-refractivity contribution in [2.24, 2.45) is 0 Å². The van der Waals surface area contributed by atoms with Crippen molar-refractivity contribution in [2.45, 2.75) is 39.7 Å². The van der Waals surface area contributed by atoms with Gasteiger partial charge < -0.3 is 18.9 Å². The first-order valence-corrected chi connectivity index (χ1v) is 14.5. The lowest BCUT2D eigenvalue weighted by Gasteiger charge is -2.25. The van der Waals surface area contributed by atoms with E-state index in [1.54, 1.807) is 35.5 Å². The Morgan fingerprint density at radius 2 is 1.88 bits per heavy atom. The molecule has 1 atom stereocenters. The summed E-state index contributed by atoms with van der Waals surface area (Å²) in [6, 6.07) is 8.96. The third kappa shape index (κ3) is 5.39. The fraction of sp³-hybridized carbons (Fsp3) is 0.367. The highest BCUT2D eigenvalue weighted by molar-refractivity contribution is 7.22. The lowest BCUT2D eigenvalue weighted by molar-refractivity contribution is -0.0895. The molecule has 3 aromatic heterocycles. The van der Waals surface area contributed by atoms with Gasteiger partial charge in [0.15, 0.2) is 10.9 Å². The number of benzene rings is 1. The highest BCUT2D eigenvalue weighted by atomic mass is 32.1. The summed E-state index contributed by atoms with van der Waals surface area (Å²) >= 11 is 1.45. The zero-order chi connectivity index (χ0) is 28.3. The van der Waals surface area contributed by atoms with E-state index in [4.69, 9.17) is 23.9 Å². The van der Waals surface area contributed by atoms with E-state index in [9.17, 15) is 9.59 Å². The first-order chi connectivity index (χ1) is 20.1. The molecular weight excluding hydrogens is 544 g/mol. The second kappa shape index (κ2) is 12.1. The van der Waals surface area contributed by atoms with Gasteiger partial charge >= 0.3 is 0 Å². The summed E-state index contributed by atoms with van der Waals surface area (Å²) in [6.07, 6.45) is 2.95. The quantitative estimate of drug-likeness (QED) is 0.250. The van der Waals surface area contributed by atoms with Gasteiger partial charge in [-0.2, -0.15) is 0 Å². The van der Waals surface area contributed by atoms with Crippen LogP contribution < -0.4 is 4.90 Å². The van der Waals surface area contributed by atoms with Crippen molar-refractivity contribution in [2.75, 3.05) is 37.9 Å². The number of carbonyl (C=O) groups excluding carboxylic acids is 2. The fourth-order valence-corrected chi connectivity index (χ4v) is 6.24. The number of pyridine rings is 2. The maximum atomic E-state index is 14.2. The van der Waals surface area contributed by atoms with Crippen LogP contribution in [0.15, 0.2) is 42.7 Å². The van der Waals surface area contributed by atoms with Crippen molar-refractivity contribution in [3.63, 3.8) is 0 Å². The molecule has 0 N–H and O–H groups in total. The number of fused-ring (bicyclic) bond motifs is 1. The molecular formula is C30H30N4O6S. The van der Waals surface area contributed by atoms with Crippen molar-refractivity contribution in [1.82, 2.24) is 15.0 Å². The van der Waals surface area contributed by atoms with Crippen LogP contribution in [0.4, 0.5) is 5.13 Å². The molecule has 0 spiro atoms. The molecule has 5 heterocycles. The third-order valence-corrected chi connectivity index (χ3v) is 8.20. The monoisotopic (exact) mass is 574 g/mol. The molecule has 2 bridgehead atoms. The Bertz CT molecular complexity index is 1600. The van der Waals surface area contributed by atoms with Crippen molar-refractivity contribution in [1.29, 1.82) is 0 Å². The van der Waals surface area contributed by atoms with E-state index in [1.165, 1.54) is 11.3 Å². The predicted octanol–water partition coefficient (Wildman–Crippen LogP) is 4.64. The van der Waals surface area contributed by atoms with Crippen molar-refractivity contribution in [3.05, 3.63) is 81.9 Å². The van der Waals surface area contributed by atoms with Crippen LogP contribution in [0.2, 0.25) is 0 Å². The van der Waals surface area contributed by atoms with Crippen LogP contribution in [0, 0.1) is 0 Å². The maximum Gasteiger partial charge on any atom is 0.261 e. The highest BCUT2D eigenvalue weighted by Crippen LogP contribution is 2.42. The molecule has 0 radical (unpaired) electrons. The number of hydrogen-bond acceptors (Lipinski definition) is 10. The van der Waals surface area contributed by atoms with Crippen LogP contribution in [-0.4, -0.2) is 59.7 Å². The second-order valence-electron chi connectivity index (χ2n) is 9.63. The summed E-state index contributed by atoms with van der Waals surface area (Å²) in [4.78, 5) is 43.4. The summed E-state index contributed by atoms with van der Waals surface area (Å²) in [5.74, 6) is -0.650. The number of nitrogens with zero attached hydrogens (tertiary/aromatic N) is 4. The number of hydrogen-bond donors (Lipinski definition) is 0. The number of aromatic nitrogens is 3. The molecule has 2 aliphatic rings. The van der Waals surface area contributed by atoms with E-state index in [1.807, 2.05) is 26.0 Å². The van der Waals surface area contributed by atoms with Gasteiger partial charge in [-0.15, -0.1) is 0 Å². The first kappa shape index (κ1) is 27.6. The summed E-state index contributed by atoms with van der Waals surface area (Å²) < 4.78 is 23.7. The first-order valence-electron chi connectivity index (χ1n) is 13.7. The van der Waals surface area contributed by atoms with Crippen LogP contribution >= 0.6 is 11.3 Å². The van der Waals surface area contributed by atoms with Crippen LogP contribution in [-0.2, 0) is 38.7 Å². The van der Waals surface area contributed by atoms with Crippen LogP contribution in [0.1, 0.15) is 68.7 Å². The smallest absolute Gasteiger partial charge is 0.261 e.